The van der Waals surface area contributed by atoms with Crippen molar-refractivity contribution in [3.8, 4) is 0 Å². The summed E-state index contributed by atoms with van der Waals surface area (Å²) in [5.41, 5.74) is 3.96. The Morgan fingerprint density at radius 2 is 1.66 bits per heavy atom. The second kappa shape index (κ2) is 10.8. The number of hydrogen-bond acceptors (Lipinski definition) is 5. The molecule has 0 aliphatic heterocycles. The summed E-state index contributed by atoms with van der Waals surface area (Å²) in [6.07, 6.45) is 1.64. The Hall–Kier alpha value is -4.04. The van der Waals surface area contributed by atoms with Gasteiger partial charge in [0.1, 0.15) is 6.04 Å². The second-order valence-corrected chi connectivity index (χ2v) is 7.18. The quantitative estimate of drug-likeness (QED) is 0.309. The van der Waals surface area contributed by atoms with Crippen LogP contribution in [0.4, 0.5) is 5.69 Å². The molecule has 1 unspecified atom stereocenters. The first kappa shape index (κ1) is 22.6. The minimum absolute atomic E-state index is 0.131. The summed E-state index contributed by atoms with van der Waals surface area (Å²) in [5.74, 6) is -1.06. The minimum atomic E-state index is -0.927. The van der Waals surface area contributed by atoms with E-state index < -0.39 is 22.8 Å². The van der Waals surface area contributed by atoms with E-state index in [0.717, 1.165) is 5.56 Å². The van der Waals surface area contributed by atoms with Gasteiger partial charge in [-0.1, -0.05) is 60.1 Å². The predicted molar refractivity (Wildman–Crippen MR) is 122 cm³/mol. The number of hydrazone groups is 1. The second-order valence-electron chi connectivity index (χ2n) is 6.78. The van der Waals surface area contributed by atoms with Crippen molar-refractivity contribution in [1.29, 1.82) is 0 Å². The molecule has 2 N–H and O–H groups in total. The highest BCUT2D eigenvalue weighted by Crippen LogP contribution is 2.13. The standard InChI is InChI=1S/C23H19ClN4O4/c24-20-9-5-4-8-18(20)15-25-27-23(30)21(14-16-6-2-1-3-7-16)26-22(29)17-10-12-19(13-11-17)28(31)32/h1-13,15,21H,14H2,(H,26,29)(H,27,30). The number of carbonyl (C=O) groups excluding carboxylic acids is 2. The zero-order valence-corrected chi connectivity index (χ0v) is 17.5. The SMILES string of the molecule is O=C(NC(Cc1ccccc1)C(=O)NN=Cc1ccccc1Cl)c1ccc([N+](=O)[O-])cc1. The lowest BCUT2D eigenvalue weighted by molar-refractivity contribution is -0.384. The van der Waals surface area contributed by atoms with Crippen molar-refractivity contribution < 1.29 is 14.5 Å². The molecule has 0 radical (unpaired) electrons. The molecule has 0 spiro atoms. The number of nitro groups is 1. The van der Waals surface area contributed by atoms with Crippen LogP contribution in [0, 0.1) is 10.1 Å². The Morgan fingerprint density at radius 3 is 2.31 bits per heavy atom. The van der Waals surface area contributed by atoms with E-state index in [1.54, 1.807) is 24.3 Å². The molecule has 3 aromatic rings. The molecular weight excluding hydrogens is 432 g/mol. The fourth-order valence-corrected chi connectivity index (χ4v) is 3.04. The summed E-state index contributed by atoms with van der Waals surface area (Å²) in [7, 11) is 0. The lowest BCUT2D eigenvalue weighted by Crippen LogP contribution is -2.46. The molecule has 32 heavy (non-hydrogen) atoms. The van der Waals surface area contributed by atoms with Crippen molar-refractivity contribution in [2.75, 3.05) is 0 Å². The molecule has 162 valence electrons. The van der Waals surface area contributed by atoms with Gasteiger partial charge >= 0.3 is 0 Å². The average Bonchev–Trinajstić information content (AvgIpc) is 2.80. The molecule has 1 atom stereocenters. The molecule has 2 amide bonds. The lowest BCUT2D eigenvalue weighted by atomic mass is 10.0. The number of carbonyl (C=O) groups is 2. The predicted octanol–water partition coefficient (Wildman–Crippen LogP) is 3.74. The van der Waals surface area contributed by atoms with E-state index in [4.69, 9.17) is 11.6 Å². The van der Waals surface area contributed by atoms with Crippen LogP contribution in [0.3, 0.4) is 0 Å². The number of rotatable bonds is 8. The maximum Gasteiger partial charge on any atom is 0.269 e. The molecule has 0 bridgehead atoms. The third-order valence-electron chi connectivity index (χ3n) is 4.53. The molecule has 0 saturated heterocycles. The summed E-state index contributed by atoms with van der Waals surface area (Å²) in [6.45, 7) is 0. The van der Waals surface area contributed by atoms with E-state index in [2.05, 4.69) is 15.8 Å². The number of amides is 2. The van der Waals surface area contributed by atoms with E-state index >= 15 is 0 Å². The first-order valence-corrected chi connectivity index (χ1v) is 9.98. The fourth-order valence-electron chi connectivity index (χ4n) is 2.86. The monoisotopic (exact) mass is 450 g/mol. The van der Waals surface area contributed by atoms with Gasteiger partial charge in [0, 0.05) is 34.7 Å². The van der Waals surface area contributed by atoms with Crippen LogP contribution in [0.2, 0.25) is 5.02 Å². The van der Waals surface area contributed by atoms with Crippen molar-refractivity contribution in [3.63, 3.8) is 0 Å². The Morgan fingerprint density at radius 1 is 1.00 bits per heavy atom. The van der Waals surface area contributed by atoms with Gasteiger partial charge in [-0.2, -0.15) is 5.10 Å². The molecule has 3 rings (SSSR count). The summed E-state index contributed by atoms with van der Waals surface area (Å²) < 4.78 is 0. The van der Waals surface area contributed by atoms with Crippen LogP contribution in [0.5, 0.6) is 0 Å². The number of nitro benzene ring substituents is 1. The molecule has 0 heterocycles. The largest absolute Gasteiger partial charge is 0.340 e. The number of halogens is 1. The zero-order valence-electron chi connectivity index (χ0n) is 16.8. The van der Waals surface area contributed by atoms with E-state index in [9.17, 15) is 19.7 Å². The first-order chi connectivity index (χ1) is 15.4. The summed E-state index contributed by atoms with van der Waals surface area (Å²) in [4.78, 5) is 35.7. The van der Waals surface area contributed by atoms with E-state index in [1.807, 2.05) is 30.3 Å². The van der Waals surface area contributed by atoms with Crippen LogP contribution in [0.15, 0.2) is 84.0 Å². The van der Waals surface area contributed by atoms with Gasteiger partial charge in [0.25, 0.3) is 17.5 Å². The Balaban J connectivity index is 1.73. The number of nitrogens with one attached hydrogen (secondary N) is 2. The summed E-state index contributed by atoms with van der Waals surface area (Å²) in [5, 5.41) is 17.9. The molecule has 8 nitrogen and oxygen atoms in total. The molecule has 3 aromatic carbocycles. The highest BCUT2D eigenvalue weighted by molar-refractivity contribution is 6.33. The topological polar surface area (TPSA) is 114 Å². The maximum atomic E-state index is 12.8. The van der Waals surface area contributed by atoms with Crippen LogP contribution < -0.4 is 10.7 Å². The highest BCUT2D eigenvalue weighted by atomic mass is 35.5. The van der Waals surface area contributed by atoms with Gasteiger partial charge in [-0.05, 0) is 23.8 Å². The molecule has 9 heteroatoms. The van der Waals surface area contributed by atoms with Gasteiger partial charge in [-0.15, -0.1) is 0 Å². The van der Waals surface area contributed by atoms with E-state index in [1.165, 1.54) is 30.5 Å². The summed E-state index contributed by atoms with van der Waals surface area (Å²) >= 11 is 6.07. The molecule has 0 aliphatic carbocycles. The van der Waals surface area contributed by atoms with Crippen LogP contribution in [0.25, 0.3) is 0 Å². The van der Waals surface area contributed by atoms with E-state index in [0.29, 0.717) is 10.6 Å². The van der Waals surface area contributed by atoms with Crippen molar-refractivity contribution >= 4 is 35.3 Å². The van der Waals surface area contributed by atoms with Gasteiger partial charge in [0.15, 0.2) is 0 Å². The van der Waals surface area contributed by atoms with Crippen molar-refractivity contribution in [1.82, 2.24) is 10.7 Å². The Labute approximate surface area is 189 Å². The average molecular weight is 451 g/mol. The normalized spacial score (nSPS) is 11.7. The van der Waals surface area contributed by atoms with E-state index in [-0.39, 0.29) is 17.7 Å². The van der Waals surface area contributed by atoms with Crippen LogP contribution in [-0.4, -0.2) is 29.0 Å². The zero-order chi connectivity index (χ0) is 22.9. The molecule has 0 aromatic heterocycles. The number of hydrogen-bond donors (Lipinski definition) is 2. The molecule has 0 aliphatic rings. The number of benzene rings is 3. The first-order valence-electron chi connectivity index (χ1n) is 9.61. The van der Waals surface area contributed by atoms with Gasteiger partial charge in [0.2, 0.25) is 0 Å². The van der Waals surface area contributed by atoms with Crippen LogP contribution >= 0.6 is 11.6 Å². The van der Waals surface area contributed by atoms with Crippen molar-refractivity contribution in [3.05, 3.63) is 111 Å². The van der Waals surface area contributed by atoms with Gasteiger partial charge < -0.3 is 5.32 Å². The Bertz CT molecular complexity index is 1130. The third-order valence-corrected chi connectivity index (χ3v) is 4.87. The minimum Gasteiger partial charge on any atom is -0.340 e. The van der Waals surface area contributed by atoms with Gasteiger partial charge in [0.05, 0.1) is 11.1 Å². The third kappa shape index (κ3) is 6.23. The van der Waals surface area contributed by atoms with Gasteiger partial charge in [-0.3, -0.25) is 19.7 Å². The smallest absolute Gasteiger partial charge is 0.269 e. The molecule has 0 saturated carbocycles. The number of nitrogens with zero attached hydrogens (tertiary/aromatic N) is 2. The van der Waals surface area contributed by atoms with Gasteiger partial charge in [-0.25, -0.2) is 5.43 Å². The highest BCUT2D eigenvalue weighted by Gasteiger charge is 2.22. The summed E-state index contributed by atoms with van der Waals surface area (Å²) in [6, 6.07) is 20.4. The fraction of sp³-hybridized carbons (Fsp3) is 0.0870. The molecule has 0 fully saturated rings. The maximum absolute atomic E-state index is 12.8. The number of non-ortho nitro benzene ring substituents is 1. The van der Waals surface area contributed by atoms with Crippen molar-refractivity contribution in [2.24, 2.45) is 5.10 Å². The molecular formula is C23H19ClN4O4. The lowest BCUT2D eigenvalue weighted by Gasteiger charge is -2.17. The Kier molecular flexibility index (Phi) is 7.66. The van der Waals surface area contributed by atoms with Crippen LogP contribution in [-0.2, 0) is 11.2 Å². The van der Waals surface area contributed by atoms with Crippen LogP contribution in [0.1, 0.15) is 21.5 Å². The van der Waals surface area contributed by atoms with Crippen molar-refractivity contribution in [2.45, 2.75) is 12.5 Å².